The van der Waals surface area contributed by atoms with Crippen LogP contribution in [0.15, 0.2) is 54.6 Å². The van der Waals surface area contributed by atoms with E-state index in [2.05, 4.69) is 10.4 Å². The number of aryl methyl sites for hydroxylation is 1. The number of rotatable bonds is 4. The van der Waals surface area contributed by atoms with Crippen molar-refractivity contribution in [3.05, 3.63) is 77.5 Å². The largest absolute Gasteiger partial charge is 0.319 e. The van der Waals surface area contributed by atoms with E-state index in [1.54, 1.807) is 17.7 Å². The van der Waals surface area contributed by atoms with Crippen LogP contribution in [0.3, 0.4) is 0 Å². The summed E-state index contributed by atoms with van der Waals surface area (Å²) in [4.78, 5) is 18.0. The van der Waals surface area contributed by atoms with Crippen molar-refractivity contribution in [2.24, 2.45) is 0 Å². The summed E-state index contributed by atoms with van der Waals surface area (Å²) in [6, 6.07) is 13.3. The second-order valence-corrected chi connectivity index (χ2v) is 10.5. The molecular weight excluding hydrogens is 462 g/mol. The number of benzene rings is 2. The molecule has 1 aliphatic rings. The van der Waals surface area contributed by atoms with Crippen molar-refractivity contribution in [3.63, 3.8) is 0 Å². The lowest BCUT2D eigenvalue weighted by Gasteiger charge is -2.12. The number of carbonyl (C=O) groups is 1. The van der Waals surface area contributed by atoms with E-state index in [1.165, 1.54) is 0 Å². The molecule has 10 heteroatoms. The van der Waals surface area contributed by atoms with E-state index >= 15 is 0 Å². The maximum atomic E-state index is 14.2. The van der Waals surface area contributed by atoms with Crippen LogP contribution in [0.25, 0.3) is 22.3 Å². The minimum absolute atomic E-state index is 0.0528. The Labute approximate surface area is 194 Å². The molecule has 1 fully saturated rings. The molecule has 34 heavy (non-hydrogen) atoms. The van der Waals surface area contributed by atoms with Crippen LogP contribution in [0.4, 0.5) is 14.5 Å². The van der Waals surface area contributed by atoms with Crippen LogP contribution in [0, 0.1) is 18.6 Å². The average molecular weight is 483 g/mol. The molecule has 0 aliphatic carbocycles. The van der Waals surface area contributed by atoms with Gasteiger partial charge >= 0.3 is 0 Å². The number of sulfone groups is 1. The molecule has 1 amide bonds. The van der Waals surface area contributed by atoms with E-state index in [4.69, 9.17) is 4.98 Å². The summed E-state index contributed by atoms with van der Waals surface area (Å²) in [5.41, 5.74) is 2.15. The number of hydrogen-bond donors (Lipinski definition) is 1. The number of fused-ring (bicyclic) bond motifs is 1. The van der Waals surface area contributed by atoms with Crippen LogP contribution >= 0.6 is 0 Å². The van der Waals surface area contributed by atoms with Gasteiger partial charge in [0.05, 0.1) is 45.6 Å². The van der Waals surface area contributed by atoms with Crippen LogP contribution in [-0.4, -0.2) is 40.6 Å². The van der Waals surface area contributed by atoms with Crippen molar-refractivity contribution in [1.82, 2.24) is 14.8 Å². The summed E-state index contributed by atoms with van der Waals surface area (Å²) in [5, 5.41) is 7.49. The fraction of sp³-hybridized carbons (Fsp3) is 0.208. The Morgan fingerprint density at radius 3 is 2.56 bits per heavy atom. The van der Waals surface area contributed by atoms with E-state index in [0.717, 1.165) is 17.7 Å². The zero-order valence-corrected chi connectivity index (χ0v) is 18.9. The molecule has 1 atom stereocenters. The van der Waals surface area contributed by atoms with Crippen molar-refractivity contribution in [1.29, 1.82) is 0 Å². The number of carbonyl (C=O) groups excluding carboxylic acids is 1. The molecule has 3 heterocycles. The summed E-state index contributed by atoms with van der Waals surface area (Å²) in [6.07, 6.45) is 0.401. The first-order chi connectivity index (χ1) is 16.2. The lowest BCUT2D eigenvalue weighted by molar-refractivity contribution is 0.102. The third kappa shape index (κ3) is 4.05. The van der Waals surface area contributed by atoms with Crippen molar-refractivity contribution < 1.29 is 22.0 Å². The lowest BCUT2D eigenvalue weighted by Crippen LogP contribution is -2.15. The van der Waals surface area contributed by atoms with Gasteiger partial charge in [-0.3, -0.25) is 4.79 Å². The summed E-state index contributed by atoms with van der Waals surface area (Å²) < 4.78 is 53.3. The third-order valence-corrected chi connectivity index (χ3v) is 7.64. The molecule has 5 rings (SSSR count). The van der Waals surface area contributed by atoms with Crippen molar-refractivity contribution in [3.8, 4) is 11.3 Å². The van der Waals surface area contributed by atoms with Gasteiger partial charge in [0, 0.05) is 11.6 Å². The van der Waals surface area contributed by atoms with Crippen LogP contribution in [0.2, 0.25) is 0 Å². The number of aromatic nitrogens is 3. The van der Waals surface area contributed by atoms with E-state index in [-0.39, 0.29) is 22.8 Å². The van der Waals surface area contributed by atoms with Gasteiger partial charge in [0.1, 0.15) is 11.6 Å². The molecule has 1 unspecified atom stereocenters. The molecule has 1 N–H and O–H groups in total. The van der Waals surface area contributed by atoms with Gasteiger partial charge in [-0.2, -0.15) is 5.10 Å². The second-order valence-electron chi connectivity index (χ2n) is 8.28. The molecule has 2 aromatic carbocycles. The number of halogens is 2. The fourth-order valence-electron chi connectivity index (χ4n) is 4.25. The number of hydrogen-bond acceptors (Lipinski definition) is 5. The van der Waals surface area contributed by atoms with Crippen molar-refractivity contribution in [2.75, 3.05) is 16.8 Å². The number of anilines is 1. The monoisotopic (exact) mass is 482 g/mol. The Hall–Kier alpha value is -3.66. The summed E-state index contributed by atoms with van der Waals surface area (Å²) in [5.74, 6) is -2.25. The van der Waals surface area contributed by atoms with Gasteiger partial charge < -0.3 is 5.32 Å². The Morgan fingerprint density at radius 1 is 1.12 bits per heavy atom. The molecule has 1 aliphatic heterocycles. The smallest absolute Gasteiger partial charge is 0.256 e. The molecule has 174 valence electrons. The number of nitrogens with zero attached hydrogens (tertiary/aromatic N) is 3. The van der Waals surface area contributed by atoms with Gasteiger partial charge in [-0.05, 0) is 31.5 Å². The van der Waals surface area contributed by atoms with Gasteiger partial charge in [-0.25, -0.2) is 26.9 Å². The van der Waals surface area contributed by atoms with E-state index in [0.29, 0.717) is 34.9 Å². The molecule has 0 saturated carbocycles. The standard InChI is InChI=1S/C24H20F2N4O3S/c1-14-22-18(24(31)28-20-8-7-16(25)11-19(20)26)12-21(15-5-3-2-4-6-15)27-23(22)30(29-14)17-9-10-34(32,33)13-17/h2-8,11-12,17H,9-10,13H2,1H3,(H,28,31). The Morgan fingerprint density at radius 2 is 1.88 bits per heavy atom. The quantitative estimate of drug-likeness (QED) is 0.468. The number of nitrogens with one attached hydrogen (secondary N) is 1. The minimum atomic E-state index is -3.18. The van der Waals surface area contributed by atoms with Gasteiger partial charge in [-0.15, -0.1) is 0 Å². The number of amides is 1. The summed E-state index contributed by atoms with van der Waals surface area (Å²) >= 11 is 0. The van der Waals surface area contributed by atoms with Gasteiger partial charge in [-0.1, -0.05) is 30.3 Å². The average Bonchev–Trinajstić information content (AvgIpc) is 3.34. The van der Waals surface area contributed by atoms with Crippen LogP contribution in [-0.2, 0) is 9.84 Å². The molecule has 0 bridgehead atoms. The Balaban J connectivity index is 1.67. The highest BCUT2D eigenvalue weighted by atomic mass is 32.2. The number of pyridine rings is 1. The molecule has 2 aromatic heterocycles. The molecule has 7 nitrogen and oxygen atoms in total. The Bertz CT molecular complexity index is 1540. The van der Waals surface area contributed by atoms with Gasteiger partial charge in [0.2, 0.25) is 0 Å². The predicted octanol–water partition coefficient (Wildman–Crippen LogP) is 4.30. The maximum Gasteiger partial charge on any atom is 0.256 e. The second kappa shape index (κ2) is 8.28. The zero-order chi connectivity index (χ0) is 24.0. The third-order valence-electron chi connectivity index (χ3n) is 5.88. The summed E-state index contributed by atoms with van der Waals surface area (Å²) in [7, 11) is -3.18. The van der Waals surface area contributed by atoms with E-state index in [9.17, 15) is 22.0 Å². The van der Waals surface area contributed by atoms with Crippen molar-refractivity contribution in [2.45, 2.75) is 19.4 Å². The predicted molar refractivity (Wildman–Crippen MR) is 124 cm³/mol. The molecule has 1 saturated heterocycles. The topological polar surface area (TPSA) is 93.9 Å². The maximum absolute atomic E-state index is 14.2. The van der Waals surface area contributed by atoms with Crippen LogP contribution in [0.5, 0.6) is 0 Å². The normalized spacial score (nSPS) is 17.2. The first-order valence-electron chi connectivity index (χ1n) is 10.6. The lowest BCUT2D eigenvalue weighted by atomic mass is 10.0. The SMILES string of the molecule is Cc1nn(C2CCS(=O)(=O)C2)c2nc(-c3ccccc3)cc(C(=O)Nc3ccc(F)cc3F)c12. The zero-order valence-electron chi connectivity index (χ0n) is 18.1. The van der Waals surface area contributed by atoms with Crippen molar-refractivity contribution >= 4 is 32.5 Å². The molecule has 0 spiro atoms. The molecule has 4 aromatic rings. The fourth-order valence-corrected chi connectivity index (χ4v) is 5.94. The highest BCUT2D eigenvalue weighted by molar-refractivity contribution is 7.91. The van der Waals surface area contributed by atoms with Gasteiger partial charge in [0.25, 0.3) is 5.91 Å². The minimum Gasteiger partial charge on any atom is -0.319 e. The molecular formula is C24H20F2N4O3S. The van der Waals surface area contributed by atoms with E-state index < -0.39 is 33.4 Å². The van der Waals surface area contributed by atoms with Crippen LogP contribution in [0.1, 0.15) is 28.5 Å². The Kier molecular flexibility index (Phi) is 5.40. The molecule has 0 radical (unpaired) electrons. The summed E-state index contributed by atoms with van der Waals surface area (Å²) in [6.45, 7) is 1.71. The van der Waals surface area contributed by atoms with Gasteiger partial charge in [0.15, 0.2) is 15.5 Å². The van der Waals surface area contributed by atoms with Crippen LogP contribution < -0.4 is 5.32 Å². The highest BCUT2D eigenvalue weighted by Gasteiger charge is 2.32. The van der Waals surface area contributed by atoms with E-state index in [1.807, 2.05) is 30.3 Å². The first kappa shape index (κ1) is 22.1. The highest BCUT2D eigenvalue weighted by Crippen LogP contribution is 2.32. The first-order valence-corrected chi connectivity index (χ1v) is 12.5.